The number of imidazole rings is 1. The molecule has 8 nitrogen and oxygen atoms in total. The molecule has 3 aliphatic rings. The normalized spacial score (nSPS) is 21.2. The second-order valence-corrected chi connectivity index (χ2v) is 14.6. The minimum Gasteiger partial charge on any atom is -0.490 e. The lowest BCUT2D eigenvalue weighted by atomic mass is 9.92. The van der Waals surface area contributed by atoms with Gasteiger partial charge in [0.2, 0.25) is 0 Å². The van der Waals surface area contributed by atoms with Gasteiger partial charge in [0, 0.05) is 42.4 Å². The molecule has 9 heteroatoms. The molecular formula is C40H48FN3O5. The number of ether oxygens (including phenoxy) is 4. The summed E-state index contributed by atoms with van der Waals surface area (Å²) in [5, 5.41) is 0. The quantitative estimate of drug-likeness (QED) is 0.160. The van der Waals surface area contributed by atoms with E-state index in [2.05, 4.69) is 28.4 Å². The first-order valence-electron chi connectivity index (χ1n) is 17.1. The molecule has 0 N–H and O–H groups in total. The minimum absolute atomic E-state index is 0.127. The van der Waals surface area contributed by atoms with Crippen LogP contribution >= 0.6 is 0 Å². The number of aryl methyl sites for hydroxylation is 2. The van der Waals surface area contributed by atoms with Gasteiger partial charge in [-0.2, -0.15) is 0 Å². The van der Waals surface area contributed by atoms with Crippen LogP contribution in [0.15, 0.2) is 60.8 Å². The molecule has 0 aliphatic carbocycles. The molecule has 4 aromatic rings. The van der Waals surface area contributed by atoms with Gasteiger partial charge in [-0.15, -0.1) is 0 Å². The summed E-state index contributed by atoms with van der Waals surface area (Å²) in [4.78, 5) is 20.8. The molecule has 0 amide bonds. The summed E-state index contributed by atoms with van der Waals surface area (Å²) < 4.78 is 41.8. The number of hydrogen-bond donors (Lipinski definition) is 0. The van der Waals surface area contributed by atoms with Crippen molar-refractivity contribution in [2.24, 2.45) is 0 Å². The molecule has 2 atom stereocenters. The van der Waals surface area contributed by atoms with E-state index < -0.39 is 17.7 Å². The van der Waals surface area contributed by atoms with Crippen molar-refractivity contribution >= 4 is 17.4 Å². The first kappa shape index (κ1) is 34.6. The van der Waals surface area contributed by atoms with Crippen molar-refractivity contribution < 1.29 is 28.1 Å². The molecule has 2 aromatic carbocycles. The van der Waals surface area contributed by atoms with Crippen LogP contribution in [0.2, 0.25) is 0 Å². The van der Waals surface area contributed by atoms with Crippen LogP contribution < -0.4 is 9.64 Å². The molecule has 2 aromatic heterocycles. The lowest BCUT2D eigenvalue weighted by Crippen LogP contribution is -2.45. The number of aromatic nitrogens is 2. The maximum absolute atomic E-state index is 15.0. The van der Waals surface area contributed by atoms with E-state index in [0.29, 0.717) is 43.0 Å². The third kappa shape index (κ3) is 7.38. The Balaban J connectivity index is 1.56. The van der Waals surface area contributed by atoms with Crippen LogP contribution in [0, 0.1) is 19.7 Å². The van der Waals surface area contributed by atoms with Crippen LogP contribution in [0.1, 0.15) is 76.7 Å². The highest BCUT2D eigenvalue weighted by Crippen LogP contribution is 2.41. The first-order chi connectivity index (χ1) is 23.2. The minimum atomic E-state index is -0.948. The van der Waals surface area contributed by atoms with Crippen molar-refractivity contribution in [1.29, 1.82) is 0 Å². The molecule has 7 rings (SSSR count). The Kier molecular flexibility index (Phi) is 9.61. The summed E-state index contributed by atoms with van der Waals surface area (Å²) in [5.41, 5.74) is 5.12. The number of rotatable bonds is 3. The van der Waals surface area contributed by atoms with Crippen LogP contribution in [0.25, 0.3) is 28.0 Å². The highest BCUT2D eigenvalue weighted by atomic mass is 19.1. The van der Waals surface area contributed by atoms with Gasteiger partial charge < -0.3 is 23.8 Å². The summed E-state index contributed by atoms with van der Waals surface area (Å²) in [7, 11) is 1.39. The van der Waals surface area contributed by atoms with E-state index in [1.54, 1.807) is 19.1 Å². The predicted octanol–water partition coefficient (Wildman–Crippen LogP) is 8.56. The molecule has 0 spiro atoms. The fourth-order valence-corrected chi connectivity index (χ4v) is 6.74. The standard InChI is InChI=1S/C40H48FN3O5/c1-25-20-33-30(23-31(25)41)28-13-11-14-29(22-28)32-24-44-34(42-32)21-26(2)35(36(38(45)46-8)49-39(4,5)6)37(44)43-17-15-40(7,16-18-43)47-19-10-9-12-27(3)48-33/h9-11,13-14,20-24,27,36H,12,15-19H2,1-8H3/b10-9+/t27-,36-/m0/s1. The largest absolute Gasteiger partial charge is 0.490 e. The van der Waals surface area contributed by atoms with Gasteiger partial charge in [0.15, 0.2) is 6.10 Å². The van der Waals surface area contributed by atoms with Crippen LogP contribution in [-0.2, 0) is 19.0 Å². The van der Waals surface area contributed by atoms with E-state index in [1.807, 2.05) is 71.1 Å². The fraction of sp³-hybridized carbons (Fsp3) is 0.450. The number of halogens is 1. The zero-order valence-corrected chi connectivity index (χ0v) is 29.9. The number of benzene rings is 2. The zero-order chi connectivity index (χ0) is 35.1. The average molecular weight is 670 g/mol. The molecular weight excluding hydrogens is 621 g/mol. The van der Waals surface area contributed by atoms with Crippen LogP contribution in [-0.4, -0.2) is 59.5 Å². The number of pyridine rings is 1. The van der Waals surface area contributed by atoms with Crippen molar-refractivity contribution in [3.05, 3.63) is 83.3 Å². The molecule has 260 valence electrons. The highest BCUT2D eigenvalue weighted by Gasteiger charge is 2.37. The van der Waals surface area contributed by atoms with Crippen LogP contribution in [0.3, 0.4) is 0 Å². The summed E-state index contributed by atoms with van der Waals surface area (Å²) in [6, 6.07) is 13.3. The van der Waals surface area contributed by atoms with Crippen molar-refractivity contribution in [3.8, 4) is 28.1 Å². The third-order valence-corrected chi connectivity index (χ3v) is 9.46. The van der Waals surface area contributed by atoms with E-state index in [4.69, 9.17) is 23.9 Å². The Morgan fingerprint density at radius 3 is 2.51 bits per heavy atom. The fourth-order valence-electron chi connectivity index (χ4n) is 6.74. The lowest BCUT2D eigenvalue weighted by Gasteiger charge is -2.41. The van der Waals surface area contributed by atoms with E-state index in [9.17, 15) is 4.79 Å². The van der Waals surface area contributed by atoms with Gasteiger partial charge in [0.25, 0.3) is 0 Å². The van der Waals surface area contributed by atoms with Crippen molar-refractivity contribution in [3.63, 3.8) is 0 Å². The molecule has 0 saturated carbocycles. The number of esters is 1. The van der Waals surface area contributed by atoms with Gasteiger partial charge in [0.1, 0.15) is 23.0 Å². The number of anilines is 1. The molecule has 1 fully saturated rings. The average Bonchev–Trinajstić information content (AvgIpc) is 3.47. The molecule has 1 saturated heterocycles. The molecule has 0 unspecified atom stereocenters. The molecule has 0 radical (unpaired) electrons. The van der Waals surface area contributed by atoms with Crippen molar-refractivity contribution in [2.75, 3.05) is 31.7 Å². The molecule has 5 heterocycles. The lowest BCUT2D eigenvalue weighted by molar-refractivity contribution is -0.164. The Morgan fingerprint density at radius 1 is 1.06 bits per heavy atom. The SMILES string of the molecule is COC(=O)[C@@H](OC(C)(C)C)c1c(C)cc2nc3cn2c1N1CCC(C)(CC1)OC/C=C/C[C@H](C)Oc1cc(C)c(F)cc1-c1cccc-3c1. The Morgan fingerprint density at radius 2 is 1.80 bits per heavy atom. The smallest absolute Gasteiger partial charge is 0.339 e. The van der Waals surface area contributed by atoms with Crippen molar-refractivity contribution in [1.82, 2.24) is 9.38 Å². The van der Waals surface area contributed by atoms with Gasteiger partial charge in [-0.05, 0) is 102 Å². The predicted molar refractivity (Wildman–Crippen MR) is 191 cm³/mol. The number of carbonyl (C=O) groups excluding carboxylic acids is 1. The molecule has 49 heavy (non-hydrogen) atoms. The Labute approximate surface area is 288 Å². The number of hydrogen-bond acceptors (Lipinski definition) is 7. The van der Waals surface area contributed by atoms with E-state index in [-0.39, 0.29) is 17.5 Å². The number of piperidine rings is 1. The van der Waals surface area contributed by atoms with Gasteiger partial charge in [-0.1, -0.05) is 30.4 Å². The number of fused-ring (bicyclic) bond motifs is 7. The van der Waals surface area contributed by atoms with E-state index in [1.165, 1.54) is 7.11 Å². The zero-order valence-electron chi connectivity index (χ0n) is 29.9. The summed E-state index contributed by atoms with van der Waals surface area (Å²) in [6.45, 7) is 15.7. The topological polar surface area (TPSA) is 74.5 Å². The second-order valence-electron chi connectivity index (χ2n) is 14.6. The number of nitrogens with zero attached hydrogens (tertiary/aromatic N) is 3. The summed E-state index contributed by atoms with van der Waals surface area (Å²) >= 11 is 0. The Hall–Kier alpha value is -4.21. The second kappa shape index (κ2) is 13.6. The molecule has 6 bridgehead atoms. The van der Waals surface area contributed by atoms with Gasteiger partial charge in [0.05, 0.1) is 36.7 Å². The van der Waals surface area contributed by atoms with Crippen LogP contribution in [0.4, 0.5) is 10.2 Å². The summed E-state index contributed by atoms with van der Waals surface area (Å²) in [5.74, 6) is 0.738. The van der Waals surface area contributed by atoms with Gasteiger partial charge in [-0.3, -0.25) is 4.40 Å². The first-order valence-corrected chi connectivity index (χ1v) is 17.1. The van der Waals surface area contributed by atoms with Gasteiger partial charge >= 0.3 is 5.97 Å². The Bertz CT molecular complexity index is 1880. The van der Waals surface area contributed by atoms with Crippen LogP contribution in [0.5, 0.6) is 5.75 Å². The van der Waals surface area contributed by atoms with E-state index in [0.717, 1.165) is 52.3 Å². The monoisotopic (exact) mass is 669 g/mol. The highest BCUT2D eigenvalue weighted by molar-refractivity contribution is 5.82. The molecule has 3 aliphatic heterocycles. The summed E-state index contributed by atoms with van der Waals surface area (Å²) in [6.07, 6.45) is 7.37. The van der Waals surface area contributed by atoms with Crippen molar-refractivity contribution in [2.45, 2.75) is 91.1 Å². The number of carbonyl (C=O) groups is 1. The maximum Gasteiger partial charge on any atom is 0.339 e. The maximum atomic E-state index is 15.0. The van der Waals surface area contributed by atoms with Gasteiger partial charge in [-0.25, -0.2) is 14.2 Å². The number of methoxy groups -OCH3 is 1. The van der Waals surface area contributed by atoms with E-state index >= 15 is 4.39 Å². The third-order valence-electron chi connectivity index (χ3n) is 9.46.